The predicted octanol–water partition coefficient (Wildman–Crippen LogP) is 1.09. The molecule has 1 aromatic rings. The van der Waals surface area contributed by atoms with E-state index in [1.807, 2.05) is 12.1 Å². The van der Waals surface area contributed by atoms with Gasteiger partial charge in [-0.05, 0) is 37.6 Å². The van der Waals surface area contributed by atoms with Gasteiger partial charge in [0.25, 0.3) is 0 Å². The number of phenolic OH excluding ortho intramolecular Hbond substituents is 1. The number of rotatable bonds is 5. The van der Waals surface area contributed by atoms with Gasteiger partial charge >= 0.3 is 5.97 Å². The molecule has 1 aromatic carbocycles. The van der Waals surface area contributed by atoms with Crippen molar-refractivity contribution in [1.29, 1.82) is 0 Å². The van der Waals surface area contributed by atoms with Gasteiger partial charge in [0.2, 0.25) is 0 Å². The summed E-state index contributed by atoms with van der Waals surface area (Å²) < 4.78 is 4.67. The molecule has 0 aliphatic carbocycles. The van der Waals surface area contributed by atoms with Crippen molar-refractivity contribution >= 4 is 5.97 Å². The summed E-state index contributed by atoms with van der Waals surface area (Å²) in [6.45, 7) is 0. The number of ether oxygens (including phenoxy) is 1. The van der Waals surface area contributed by atoms with Crippen LogP contribution in [0.1, 0.15) is 12.0 Å². The fourth-order valence-corrected chi connectivity index (χ4v) is 1.50. The maximum Gasteiger partial charge on any atom is 0.322 e. The Balaban J connectivity index is 2.49. The number of phenols is 1. The van der Waals surface area contributed by atoms with E-state index >= 15 is 0 Å². The standard InChI is InChI=1S/C12H17NO3/c1-13-11(12(15)16-2)8-5-9-3-6-10(14)7-4-9/h3-4,6-7,11,13-14H,5,8H2,1-2H3/t11-/m0/s1. The molecule has 1 rings (SSSR count). The second-order valence-corrected chi connectivity index (χ2v) is 3.57. The number of likely N-dealkylation sites (N-methyl/N-ethyl adjacent to an activating group) is 1. The second kappa shape index (κ2) is 6.12. The summed E-state index contributed by atoms with van der Waals surface area (Å²) in [6, 6.07) is 6.70. The molecule has 0 aliphatic heterocycles. The molecule has 0 bridgehead atoms. The smallest absolute Gasteiger partial charge is 0.322 e. The molecule has 0 spiro atoms. The number of hydrogen-bond donors (Lipinski definition) is 2. The molecule has 0 heterocycles. The second-order valence-electron chi connectivity index (χ2n) is 3.57. The predicted molar refractivity (Wildman–Crippen MR) is 61.3 cm³/mol. The lowest BCUT2D eigenvalue weighted by atomic mass is 10.1. The van der Waals surface area contributed by atoms with Crippen molar-refractivity contribution < 1.29 is 14.6 Å². The highest BCUT2D eigenvalue weighted by atomic mass is 16.5. The van der Waals surface area contributed by atoms with E-state index in [4.69, 9.17) is 5.11 Å². The van der Waals surface area contributed by atoms with Crippen LogP contribution in [0.4, 0.5) is 0 Å². The molecule has 0 aliphatic rings. The van der Waals surface area contributed by atoms with Gasteiger partial charge in [0.15, 0.2) is 0 Å². The zero-order chi connectivity index (χ0) is 12.0. The summed E-state index contributed by atoms with van der Waals surface area (Å²) >= 11 is 0. The van der Waals surface area contributed by atoms with Crippen molar-refractivity contribution in [3.8, 4) is 5.75 Å². The number of benzene rings is 1. The summed E-state index contributed by atoms with van der Waals surface area (Å²) in [7, 11) is 3.12. The van der Waals surface area contributed by atoms with Gasteiger partial charge < -0.3 is 15.2 Å². The number of methoxy groups -OCH3 is 1. The van der Waals surface area contributed by atoms with Gasteiger partial charge in [-0.15, -0.1) is 0 Å². The third kappa shape index (κ3) is 3.55. The number of carbonyl (C=O) groups excluding carboxylic acids is 1. The van der Waals surface area contributed by atoms with Crippen molar-refractivity contribution in [2.45, 2.75) is 18.9 Å². The molecule has 0 aromatic heterocycles. The average Bonchev–Trinajstić information content (AvgIpc) is 2.31. The van der Waals surface area contributed by atoms with Gasteiger partial charge in [-0.2, -0.15) is 0 Å². The molecular weight excluding hydrogens is 206 g/mol. The molecule has 0 unspecified atom stereocenters. The number of hydrogen-bond acceptors (Lipinski definition) is 4. The molecule has 0 radical (unpaired) electrons. The van der Waals surface area contributed by atoms with Crippen molar-refractivity contribution in [2.24, 2.45) is 0 Å². The molecule has 0 saturated heterocycles. The number of aromatic hydroxyl groups is 1. The molecule has 1 atom stereocenters. The Labute approximate surface area is 95.2 Å². The molecule has 0 saturated carbocycles. The Hall–Kier alpha value is -1.55. The summed E-state index contributed by atoms with van der Waals surface area (Å²) in [6.07, 6.45) is 1.44. The van der Waals surface area contributed by atoms with Crippen LogP contribution in [0.15, 0.2) is 24.3 Å². The van der Waals surface area contributed by atoms with Crippen LogP contribution in [0.5, 0.6) is 5.75 Å². The molecule has 16 heavy (non-hydrogen) atoms. The highest BCUT2D eigenvalue weighted by Gasteiger charge is 2.16. The van der Waals surface area contributed by atoms with Crippen LogP contribution in [-0.2, 0) is 16.0 Å². The zero-order valence-electron chi connectivity index (χ0n) is 9.56. The zero-order valence-corrected chi connectivity index (χ0v) is 9.56. The maximum absolute atomic E-state index is 11.3. The van der Waals surface area contributed by atoms with E-state index in [1.54, 1.807) is 19.2 Å². The molecular formula is C12H17NO3. The molecule has 88 valence electrons. The maximum atomic E-state index is 11.3. The summed E-state index contributed by atoms with van der Waals surface area (Å²) in [5, 5.41) is 12.0. The van der Waals surface area contributed by atoms with Crippen LogP contribution in [0.2, 0.25) is 0 Å². The first kappa shape index (κ1) is 12.5. The average molecular weight is 223 g/mol. The van der Waals surface area contributed by atoms with Gasteiger partial charge in [-0.25, -0.2) is 0 Å². The lowest BCUT2D eigenvalue weighted by molar-refractivity contribution is -0.143. The Morgan fingerprint density at radius 3 is 2.56 bits per heavy atom. The molecule has 0 fully saturated rings. The topological polar surface area (TPSA) is 58.6 Å². The number of esters is 1. The molecule has 4 nitrogen and oxygen atoms in total. The SMILES string of the molecule is CN[C@@H](CCc1ccc(O)cc1)C(=O)OC. The van der Waals surface area contributed by atoms with Crippen molar-refractivity contribution in [2.75, 3.05) is 14.2 Å². The quantitative estimate of drug-likeness (QED) is 0.733. The molecule has 2 N–H and O–H groups in total. The molecule has 4 heteroatoms. The van der Waals surface area contributed by atoms with E-state index < -0.39 is 0 Å². The van der Waals surface area contributed by atoms with E-state index in [0.29, 0.717) is 6.42 Å². The van der Waals surface area contributed by atoms with E-state index in [2.05, 4.69) is 10.1 Å². The van der Waals surface area contributed by atoms with Crippen LogP contribution in [0.3, 0.4) is 0 Å². The lowest BCUT2D eigenvalue weighted by Gasteiger charge is -2.13. The highest BCUT2D eigenvalue weighted by molar-refractivity contribution is 5.75. The first-order valence-electron chi connectivity index (χ1n) is 5.20. The van der Waals surface area contributed by atoms with Crippen LogP contribution in [0.25, 0.3) is 0 Å². The largest absolute Gasteiger partial charge is 0.508 e. The highest BCUT2D eigenvalue weighted by Crippen LogP contribution is 2.12. The fourth-order valence-electron chi connectivity index (χ4n) is 1.50. The first-order valence-corrected chi connectivity index (χ1v) is 5.20. The Kier molecular flexibility index (Phi) is 4.79. The monoisotopic (exact) mass is 223 g/mol. The minimum atomic E-state index is -0.279. The van der Waals surface area contributed by atoms with E-state index in [0.717, 1.165) is 12.0 Å². The minimum Gasteiger partial charge on any atom is -0.508 e. The van der Waals surface area contributed by atoms with Gasteiger partial charge in [0.05, 0.1) is 7.11 Å². The van der Waals surface area contributed by atoms with E-state index in [1.165, 1.54) is 7.11 Å². The third-order valence-electron chi connectivity index (χ3n) is 2.49. The van der Waals surface area contributed by atoms with E-state index in [-0.39, 0.29) is 17.8 Å². The molecule has 0 amide bonds. The third-order valence-corrected chi connectivity index (χ3v) is 2.49. The number of carbonyl (C=O) groups is 1. The minimum absolute atomic E-state index is 0.249. The Bertz CT molecular complexity index is 335. The van der Waals surface area contributed by atoms with Gasteiger partial charge in [-0.1, -0.05) is 12.1 Å². The summed E-state index contributed by atoms with van der Waals surface area (Å²) in [5.74, 6) is 0.00293. The van der Waals surface area contributed by atoms with Gasteiger partial charge in [-0.3, -0.25) is 4.79 Å². The Morgan fingerprint density at radius 2 is 2.06 bits per heavy atom. The van der Waals surface area contributed by atoms with Gasteiger partial charge in [0, 0.05) is 0 Å². The van der Waals surface area contributed by atoms with Crippen LogP contribution >= 0.6 is 0 Å². The normalized spacial score (nSPS) is 12.1. The van der Waals surface area contributed by atoms with Crippen molar-refractivity contribution in [3.05, 3.63) is 29.8 Å². The van der Waals surface area contributed by atoms with Crippen LogP contribution in [0, 0.1) is 0 Å². The van der Waals surface area contributed by atoms with Gasteiger partial charge in [0.1, 0.15) is 11.8 Å². The van der Waals surface area contributed by atoms with E-state index in [9.17, 15) is 4.79 Å². The summed E-state index contributed by atoms with van der Waals surface area (Å²) in [5.41, 5.74) is 1.09. The fraction of sp³-hybridized carbons (Fsp3) is 0.417. The Morgan fingerprint density at radius 1 is 1.44 bits per heavy atom. The van der Waals surface area contributed by atoms with Crippen LogP contribution < -0.4 is 5.32 Å². The van der Waals surface area contributed by atoms with Crippen molar-refractivity contribution in [3.63, 3.8) is 0 Å². The lowest BCUT2D eigenvalue weighted by Crippen LogP contribution is -2.35. The first-order chi connectivity index (χ1) is 7.67. The van der Waals surface area contributed by atoms with Crippen LogP contribution in [-0.4, -0.2) is 31.3 Å². The number of aryl methyl sites for hydroxylation is 1. The van der Waals surface area contributed by atoms with Crippen molar-refractivity contribution in [1.82, 2.24) is 5.32 Å². The number of nitrogens with one attached hydrogen (secondary N) is 1. The summed E-state index contributed by atoms with van der Waals surface area (Å²) in [4.78, 5) is 11.3.